The number of halogens is 1. The Morgan fingerprint density at radius 3 is 2.55 bits per heavy atom. The highest BCUT2D eigenvalue weighted by Crippen LogP contribution is 2.49. The smallest absolute Gasteiger partial charge is 0.235 e. The third kappa shape index (κ3) is 2.31. The van der Waals surface area contributed by atoms with Gasteiger partial charge in [-0.1, -0.05) is 40.2 Å². The molecule has 3 nitrogen and oxygen atoms in total. The maximum atomic E-state index is 12.5. The molecule has 0 radical (unpaired) electrons. The summed E-state index contributed by atoms with van der Waals surface area (Å²) in [6.45, 7) is 0. The Morgan fingerprint density at radius 1 is 1.15 bits per heavy atom. The second-order valence-electron chi connectivity index (χ2n) is 5.06. The van der Waals surface area contributed by atoms with Gasteiger partial charge in [0.2, 0.25) is 5.91 Å². The summed E-state index contributed by atoms with van der Waals surface area (Å²) < 4.78 is 0.969. The Labute approximate surface area is 125 Å². The van der Waals surface area contributed by atoms with E-state index >= 15 is 0 Å². The first-order chi connectivity index (χ1) is 9.62. The van der Waals surface area contributed by atoms with E-state index in [2.05, 4.69) is 21.2 Å². The van der Waals surface area contributed by atoms with E-state index in [0.29, 0.717) is 5.69 Å². The predicted molar refractivity (Wildman–Crippen MR) is 81.8 cm³/mol. The van der Waals surface area contributed by atoms with Gasteiger partial charge in [0, 0.05) is 4.47 Å². The summed E-state index contributed by atoms with van der Waals surface area (Å²) in [7, 11) is 0. The molecule has 0 atom stereocenters. The molecular formula is C16H14BrNO2. The summed E-state index contributed by atoms with van der Waals surface area (Å²) in [5, 5.41) is 12.6. The van der Waals surface area contributed by atoms with Crippen LogP contribution in [0.1, 0.15) is 18.4 Å². The van der Waals surface area contributed by atoms with Crippen LogP contribution in [0.3, 0.4) is 0 Å². The highest BCUT2D eigenvalue weighted by molar-refractivity contribution is 9.10. The van der Waals surface area contributed by atoms with Crippen LogP contribution in [0.5, 0.6) is 5.75 Å². The third-order valence-corrected chi connectivity index (χ3v) is 4.21. The number of benzene rings is 2. The largest absolute Gasteiger partial charge is 0.506 e. The first-order valence-corrected chi connectivity index (χ1v) is 7.27. The summed E-state index contributed by atoms with van der Waals surface area (Å²) >= 11 is 3.44. The second-order valence-corrected chi connectivity index (χ2v) is 5.98. The molecule has 1 fully saturated rings. The number of rotatable bonds is 3. The van der Waals surface area contributed by atoms with Gasteiger partial charge in [-0.2, -0.15) is 0 Å². The number of nitrogens with one attached hydrogen (secondary N) is 1. The molecule has 0 spiro atoms. The average Bonchev–Trinajstić information content (AvgIpc) is 3.23. The van der Waals surface area contributed by atoms with Crippen molar-refractivity contribution < 1.29 is 9.90 Å². The van der Waals surface area contributed by atoms with Crippen molar-refractivity contribution in [3.05, 3.63) is 58.6 Å². The van der Waals surface area contributed by atoms with Crippen molar-refractivity contribution in [2.45, 2.75) is 18.3 Å². The minimum atomic E-state index is -0.452. The number of phenols is 1. The van der Waals surface area contributed by atoms with Gasteiger partial charge in [-0.25, -0.2) is 0 Å². The first kappa shape index (κ1) is 13.2. The predicted octanol–water partition coefficient (Wildman–Crippen LogP) is 3.83. The van der Waals surface area contributed by atoms with Crippen LogP contribution in [0.25, 0.3) is 0 Å². The van der Waals surface area contributed by atoms with Gasteiger partial charge in [-0.3, -0.25) is 4.79 Å². The second kappa shape index (κ2) is 4.94. The SMILES string of the molecule is O=C(Nc1ccccc1O)C1(c2cccc(Br)c2)CC1. The maximum Gasteiger partial charge on any atom is 0.235 e. The molecule has 0 unspecified atom stereocenters. The molecule has 20 heavy (non-hydrogen) atoms. The lowest BCUT2D eigenvalue weighted by Crippen LogP contribution is -2.27. The number of hydrogen-bond acceptors (Lipinski definition) is 2. The van der Waals surface area contributed by atoms with Gasteiger partial charge in [-0.15, -0.1) is 0 Å². The number of carbonyl (C=O) groups excluding carboxylic acids is 1. The Morgan fingerprint density at radius 2 is 1.90 bits per heavy atom. The van der Waals surface area contributed by atoms with Gasteiger partial charge in [0.1, 0.15) is 5.75 Å². The molecule has 3 rings (SSSR count). The van der Waals surface area contributed by atoms with Crippen molar-refractivity contribution >= 4 is 27.5 Å². The van der Waals surface area contributed by atoms with Crippen molar-refractivity contribution in [1.82, 2.24) is 0 Å². The van der Waals surface area contributed by atoms with Crippen molar-refractivity contribution in [3.63, 3.8) is 0 Å². The summed E-state index contributed by atoms with van der Waals surface area (Å²) in [5.74, 6) is 0.0305. The fourth-order valence-electron chi connectivity index (χ4n) is 2.38. The number of amides is 1. The standard InChI is InChI=1S/C16H14BrNO2/c17-12-5-3-4-11(10-12)16(8-9-16)15(20)18-13-6-1-2-7-14(13)19/h1-7,10,19H,8-9H2,(H,18,20). The van der Waals surface area contributed by atoms with E-state index in [4.69, 9.17) is 0 Å². The third-order valence-electron chi connectivity index (χ3n) is 3.71. The van der Waals surface area contributed by atoms with Crippen LogP contribution in [0.15, 0.2) is 53.0 Å². The molecule has 2 aromatic carbocycles. The fourth-order valence-corrected chi connectivity index (χ4v) is 2.78. The molecule has 0 aromatic heterocycles. The first-order valence-electron chi connectivity index (χ1n) is 6.47. The van der Waals surface area contributed by atoms with Crippen LogP contribution in [0.4, 0.5) is 5.69 Å². The molecule has 4 heteroatoms. The van der Waals surface area contributed by atoms with Crippen molar-refractivity contribution in [1.29, 1.82) is 0 Å². The molecule has 0 saturated heterocycles. The average molecular weight is 332 g/mol. The van der Waals surface area contributed by atoms with Gasteiger partial charge < -0.3 is 10.4 Å². The quantitative estimate of drug-likeness (QED) is 0.840. The topological polar surface area (TPSA) is 49.3 Å². The fraction of sp³-hybridized carbons (Fsp3) is 0.188. The zero-order valence-corrected chi connectivity index (χ0v) is 12.4. The zero-order chi connectivity index (χ0) is 14.2. The van der Waals surface area contributed by atoms with Crippen LogP contribution < -0.4 is 5.32 Å². The highest BCUT2D eigenvalue weighted by atomic mass is 79.9. The molecule has 0 aliphatic heterocycles. The van der Waals surface area contributed by atoms with Gasteiger partial charge in [0.05, 0.1) is 11.1 Å². The Hall–Kier alpha value is -1.81. The van der Waals surface area contributed by atoms with E-state index in [1.54, 1.807) is 24.3 Å². The van der Waals surface area contributed by atoms with Crippen LogP contribution in [-0.4, -0.2) is 11.0 Å². The normalized spacial score (nSPS) is 15.7. The van der Waals surface area contributed by atoms with Crippen LogP contribution in [0.2, 0.25) is 0 Å². The highest BCUT2D eigenvalue weighted by Gasteiger charge is 2.51. The number of carbonyl (C=O) groups is 1. The van der Waals surface area contributed by atoms with Crippen molar-refractivity contribution in [2.75, 3.05) is 5.32 Å². The van der Waals surface area contributed by atoms with E-state index < -0.39 is 5.41 Å². The van der Waals surface area contributed by atoms with Crippen LogP contribution >= 0.6 is 15.9 Å². The lowest BCUT2D eigenvalue weighted by molar-refractivity contribution is -0.118. The minimum Gasteiger partial charge on any atom is -0.506 e. The van der Waals surface area contributed by atoms with Gasteiger partial charge in [0.25, 0.3) is 0 Å². The summed E-state index contributed by atoms with van der Waals surface area (Å²) in [5.41, 5.74) is 1.02. The summed E-state index contributed by atoms with van der Waals surface area (Å²) in [6.07, 6.45) is 1.67. The molecule has 2 aromatic rings. The Kier molecular flexibility index (Phi) is 3.26. The Bertz CT molecular complexity index is 665. The van der Waals surface area contributed by atoms with Crippen LogP contribution in [0, 0.1) is 0 Å². The number of aromatic hydroxyl groups is 1. The van der Waals surface area contributed by atoms with Crippen LogP contribution in [-0.2, 0) is 10.2 Å². The van der Waals surface area contributed by atoms with E-state index in [1.807, 2.05) is 24.3 Å². The Balaban J connectivity index is 1.86. The molecule has 1 saturated carbocycles. The number of phenolic OH excluding ortho intramolecular Hbond substituents is 1. The lowest BCUT2D eigenvalue weighted by Gasteiger charge is -2.16. The van der Waals surface area contributed by atoms with Crippen molar-refractivity contribution in [2.24, 2.45) is 0 Å². The number of para-hydroxylation sites is 2. The zero-order valence-electron chi connectivity index (χ0n) is 10.8. The summed E-state index contributed by atoms with van der Waals surface area (Å²) in [6, 6.07) is 14.6. The van der Waals surface area contributed by atoms with E-state index in [-0.39, 0.29) is 11.7 Å². The lowest BCUT2D eigenvalue weighted by atomic mass is 9.95. The van der Waals surface area contributed by atoms with E-state index in [0.717, 1.165) is 22.9 Å². The molecule has 0 heterocycles. The molecular weight excluding hydrogens is 318 g/mol. The monoisotopic (exact) mass is 331 g/mol. The molecule has 2 N–H and O–H groups in total. The van der Waals surface area contributed by atoms with Crippen molar-refractivity contribution in [3.8, 4) is 5.75 Å². The molecule has 1 aliphatic rings. The maximum absolute atomic E-state index is 12.5. The molecule has 1 aliphatic carbocycles. The molecule has 0 bridgehead atoms. The van der Waals surface area contributed by atoms with E-state index in [1.165, 1.54) is 0 Å². The number of anilines is 1. The van der Waals surface area contributed by atoms with E-state index in [9.17, 15) is 9.90 Å². The molecule has 1 amide bonds. The minimum absolute atomic E-state index is 0.0582. The molecule has 102 valence electrons. The number of hydrogen-bond donors (Lipinski definition) is 2. The summed E-state index contributed by atoms with van der Waals surface area (Å²) in [4.78, 5) is 12.5. The van der Waals surface area contributed by atoms with Gasteiger partial charge in [0.15, 0.2) is 0 Å². The van der Waals surface area contributed by atoms with Gasteiger partial charge in [-0.05, 0) is 42.7 Å². The van der Waals surface area contributed by atoms with Gasteiger partial charge >= 0.3 is 0 Å².